The number of rotatable bonds is 9. The Morgan fingerprint density at radius 3 is 2.30 bits per heavy atom. The first-order valence-electron chi connectivity index (χ1n) is 10.8. The van der Waals surface area contributed by atoms with E-state index in [9.17, 15) is 19.2 Å². The van der Waals surface area contributed by atoms with Crippen LogP contribution in [-0.4, -0.2) is 34.0 Å². The molecular weight excluding hydrogens is 420 g/mol. The Morgan fingerprint density at radius 1 is 0.939 bits per heavy atom. The number of amides is 1. The first kappa shape index (κ1) is 23.9. The molecule has 0 fully saturated rings. The van der Waals surface area contributed by atoms with E-state index in [0.717, 1.165) is 11.1 Å². The number of fused-ring (bicyclic) bond motifs is 1. The summed E-state index contributed by atoms with van der Waals surface area (Å²) in [6, 6.07) is 16.2. The van der Waals surface area contributed by atoms with Crippen molar-refractivity contribution in [3.8, 4) is 0 Å². The van der Waals surface area contributed by atoms with E-state index < -0.39 is 41.3 Å². The van der Waals surface area contributed by atoms with Crippen molar-refractivity contribution in [3.05, 3.63) is 71.9 Å². The Balaban J connectivity index is 1.74. The van der Waals surface area contributed by atoms with Gasteiger partial charge in [-0.25, -0.2) is 0 Å². The molecular formula is C26H28N2O5. The number of nitrogens with one attached hydrogen (secondary N) is 2. The standard InChI is InChI=1S/C26H28N2O5/c1-26(2,3)28-23(30)14-18(25(32)33-16-17-9-5-4-6-10-17)13-22(29)24(31)20-15-27-21-12-8-7-11-19(20)21/h4-12,15,18,27H,13-14,16H2,1-3H3,(H,28,30)/t18-/m0/s1. The first-order valence-corrected chi connectivity index (χ1v) is 10.8. The van der Waals surface area contributed by atoms with E-state index in [1.54, 1.807) is 30.3 Å². The van der Waals surface area contributed by atoms with Gasteiger partial charge in [0.1, 0.15) is 6.61 Å². The molecule has 1 amide bonds. The fraction of sp³-hybridized carbons (Fsp3) is 0.308. The molecule has 2 N–H and O–H groups in total. The second kappa shape index (κ2) is 10.3. The molecule has 33 heavy (non-hydrogen) atoms. The van der Waals surface area contributed by atoms with Crippen molar-refractivity contribution in [1.82, 2.24) is 10.3 Å². The zero-order chi connectivity index (χ0) is 24.0. The second-order valence-electron chi connectivity index (χ2n) is 9.00. The summed E-state index contributed by atoms with van der Waals surface area (Å²) in [5, 5.41) is 3.41. The molecule has 1 atom stereocenters. The summed E-state index contributed by atoms with van der Waals surface area (Å²) in [4.78, 5) is 53.9. The van der Waals surface area contributed by atoms with Gasteiger partial charge in [0.25, 0.3) is 0 Å². The fourth-order valence-electron chi connectivity index (χ4n) is 3.50. The van der Waals surface area contributed by atoms with Gasteiger partial charge in [-0.2, -0.15) is 0 Å². The molecule has 0 saturated carbocycles. The second-order valence-corrected chi connectivity index (χ2v) is 9.00. The highest BCUT2D eigenvalue weighted by atomic mass is 16.5. The van der Waals surface area contributed by atoms with Gasteiger partial charge in [-0.1, -0.05) is 48.5 Å². The smallest absolute Gasteiger partial charge is 0.310 e. The minimum atomic E-state index is -1.07. The molecule has 3 aromatic rings. The summed E-state index contributed by atoms with van der Waals surface area (Å²) in [7, 11) is 0. The lowest BCUT2D eigenvalue weighted by atomic mass is 9.94. The van der Waals surface area contributed by atoms with E-state index in [0.29, 0.717) is 5.39 Å². The van der Waals surface area contributed by atoms with Crippen LogP contribution < -0.4 is 5.32 Å². The first-order chi connectivity index (χ1) is 15.6. The number of carbonyl (C=O) groups is 4. The lowest BCUT2D eigenvalue weighted by molar-refractivity contribution is -0.152. The van der Waals surface area contributed by atoms with Crippen molar-refractivity contribution < 1.29 is 23.9 Å². The minimum absolute atomic E-state index is 0.0155. The molecule has 1 heterocycles. The quantitative estimate of drug-likeness (QED) is 0.293. The van der Waals surface area contributed by atoms with Crippen LogP contribution in [0.15, 0.2) is 60.8 Å². The number of ketones is 2. The molecule has 0 aliphatic rings. The summed E-state index contributed by atoms with van der Waals surface area (Å²) in [5.41, 5.74) is 1.26. The predicted molar refractivity (Wildman–Crippen MR) is 124 cm³/mol. The molecule has 7 nitrogen and oxygen atoms in total. The molecule has 3 rings (SSSR count). The van der Waals surface area contributed by atoms with Crippen LogP contribution in [0.1, 0.15) is 49.5 Å². The monoisotopic (exact) mass is 448 g/mol. The van der Waals surface area contributed by atoms with Crippen LogP contribution in [0.2, 0.25) is 0 Å². The van der Waals surface area contributed by atoms with Gasteiger partial charge in [0.15, 0.2) is 0 Å². The predicted octanol–water partition coefficient (Wildman–Crippen LogP) is 3.97. The van der Waals surface area contributed by atoms with Crippen LogP contribution in [-0.2, 0) is 25.7 Å². The Hall–Kier alpha value is -3.74. The average Bonchev–Trinajstić information content (AvgIpc) is 3.20. The largest absolute Gasteiger partial charge is 0.461 e. The van der Waals surface area contributed by atoms with Gasteiger partial charge >= 0.3 is 5.97 Å². The Kier molecular flexibility index (Phi) is 7.43. The van der Waals surface area contributed by atoms with Crippen molar-refractivity contribution >= 4 is 34.3 Å². The van der Waals surface area contributed by atoms with E-state index >= 15 is 0 Å². The molecule has 0 spiro atoms. The van der Waals surface area contributed by atoms with Crippen molar-refractivity contribution in [2.24, 2.45) is 5.92 Å². The Labute approximate surface area is 192 Å². The summed E-state index contributed by atoms with van der Waals surface area (Å²) in [5.74, 6) is -3.60. The van der Waals surface area contributed by atoms with Gasteiger partial charge in [-0.15, -0.1) is 0 Å². The van der Waals surface area contributed by atoms with Crippen LogP contribution in [0.3, 0.4) is 0 Å². The molecule has 0 bridgehead atoms. The maximum Gasteiger partial charge on any atom is 0.310 e. The summed E-state index contributed by atoms with van der Waals surface area (Å²) < 4.78 is 5.37. The highest BCUT2D eigenvalue weighted by Crippen LogP contribution is 2.21. The topological polar surface area (TPSA) is 105 Å². The highest BCUT2D eigenvalue weighted by Gasteiger charge is 2.31. The number of aromatic amines is 1. The van der Waals surface area contributed by atoms with E-state index in [2.05, 4.69) is 10.3 Å². The number of Topliss-reactive ketones (excluding diaryl/α,β-unsaturated/α-hetero) is 2. The molecule has 0 unspecified atom stereocenters. The van der Waals surface area contributed by atoms with Gasteiger partial charge in [0, 0.05) is 35.5 Å². The number of benzene rings is 2. The van der Waals surface area contributed by atoms with Crippen molar-refractivity contribution in [2.75, 3.05) is 0 Å². The van der Waals surface area contributed by atoms with Crippen LogP contribution >= 0.6 is 0 Å². The zero-order valence-corrected chi connectivity index (χ0v) is 19.0. The molecule has 1 aromatic heterocycles. The van der Waals surface area contributed by atoms with Crippen LogP contribution in [0.4, 0.5) is 0 Å². The van der Waals surface area contributed by atoms with Crippen LogP contribution in [0.5, 0.6) is 0 Å². The van der Waals surface area contributed by atoms with Gasteiger partial charge in [-0.3, -0.25) is 19.2 Å². The zero-order valence-electron chi connectivity index (χ0n) is 19.0. The molecule has 2 aromatic carbocycles. The third kappa shape index (κ3) is 6.62. The van der Waals surface area contributed by atoms with Crippen molar-refractivity contribution in [3.63, 3.8) is 0 Å². The number of esters is 1. The Morgan fingerprint density at radius 2 is 1.61 bits per heavy atom. The van der Waals surface area contributed by atoms with Crippen LogP contribution in [0, 0.1) is 5.92 Å². The average molecular weight is 449 g/mol. The SMILES string of the molecule is CC(C)(C)NC(=O)C[C@H](CC(=O)C(=O)c1c[nH]c2ccccc12)C(=O)OCc1ccccc1. The van der Waals surface area contributed by atoms with E-state index in [1.165, 1.54) is 6.20 Å². The number of hydrogen-bond acceptors (Lipinski definition) is 5. The number of H-pyrrole nitrogens is 1. The number of carbonyl (C=O) groups excluding carboxylic acids is 4. The summed E-state index contributed by atoms with van der Waals surface area (Å²) in [6.45, 7) is 5.47. The summed E-state index contributed by atoms with van der Waals surface area (Å²) >= 11 is 0. The van der Waals surface area contributed by atoms with Gasteiger partial charge in [0.2, 0.25) is 17.5 Å². The lowest BCUT2D eigenvalue weighted by Gasteiger charge is -2.22. The van der Waals surface area contributed by atoms with E-state index in [-0.39, 0.29) is 18.6 Å². The van der Waals surface area contributed by atoms with Gasteiger partial charge in [0.05, 0.1) is 11.5 Å². The van der Waals surface area contributed by atoms with E-state index in [4.69, 9.17) is 4.74 Å². The number of aromatic nitrogens is 1. The fourth-order valence-corrected chi connectivity index (χ4v) is 3.50. The van der Waals surface area contributed by atoms with Crippen molar-refractivity contribution in [2.45, 2.75) is 45.8 Å². The molecule has 0 aliphatic heterocycles. The lowest BCUT2D eigenvalue weighted by Crippen LogP contribution is -2.42. The summed E-state index contributed by atoms with van der Waals surface area (Å²) in [6.07, 6.45) is 0.821. The number of hydrogen-bond donors (Lipinski definition) is 2. The molecule has 172 valence electrons. The van der Waals surface area contributed by atoms with Crippen molar-refractivity contribution in [1.29, 1.82) is 0 Å². The number of para-hydroxylation sites is 1. The molecule has 7 heteroatoms. The van der Waals surface area contributed by atoms with Crippen LogP contribution in [0.25, 0.3) is 10.9 Å². The van der Waals surface area contributed by atoms with E-state index in [1.807, 2.05) is 45.0 Å². The van der Waals surface area contributed by atoms with Gasteiger partial charge < -0.3 is 15.0 Å². The normalized spacial score (nSPS) is 12.2. The Bertz CT molecular complexity index is 1160. The molecule has 0 aliphatic carbocycles. The third-order valence-corrected chi connectivity index (χ3v) is 5.02. The highest BCUT2D eigenvalue weighted by molar-refractivity contribution is 6.46. The number of ether oxygens (including phenoxy) is 1. The minimum Gasteiger partial charge on any atom is -0.461 e. The van der Waals surface area contributed by atoms with Gasteiger partial charge in [-0.05, 0) is 32.4 Å². The molecule has 0 saturated heterocycles. The molecule has 0 radical (unpaired) electrons. The third-order valence-electron chi connectivity index (χ3n) is 5.02. The maximum absolute atomic E-state index is 12.8. The maximum atomic E-state index is 12.8.